The van der Waals surface area contributed by atoms with Crippen LogP contribution >= 0.6 is 0 Å². The van der Waals surface area contributed by atoms with Gasteiger partial charge < -0.3 is 19.4 Å². The van der Waals surface area contributed by atoms with Crippen LogP contribution in [-0.4, -0.2) is 34.2 Å². The van der Waals surface area contributed by atoms with Crippen molar-refractivity contribution in [1.29, 1.82) is 0 Å². The summed E-state index contributed by atoms with van der Waals surface area (Å²) < 4.78 is 12.5. The fraction of sp³-hybridized carbons (Fsp3) is 0.296. The maximum Gasteiger partial charge on any atom is 0.322 e. The third-order valence-corrected chi connectivity index (χ3v) is 5.91. The van der Waals surface area contributed by atoms with Crippen molar-refractivity contribution in [2.75, 3.05) is 19.0 Å². The Kier molecular flexibility index (Phi) is 7.62. The van der Waals surface area contributed by atoms with Crippen molar-refractivity contribution < 1.29 is 13.9 Å². The molecule has 0 fully saturated rings. The van der Waals surface area contributed by atoms with Crippen LogP contribution in [0.15, 0.2) is 76.1 Å². The Balaban J connectivity index is 1.80. The minimum absolute atomic E-state index is 0.154. The standard InChI is InChI=1S/C27H30N4O4/c1-4-24(25-29-23-13-6-5-12-22(23)26(32)30(25)14-16-34-3)31(18-21-11-8-15-35-21)27(33)28-20-10-7-9-19(2)17-20/h5-13,15,17,24H,4,14,16,18H2,1-3H3,(H,28,33). The van der Waals surface area contributed by atoms with Gasteiger partial charge in [-0.3, -0.25) is 9.36 Å². The molecule has 0 radical (unpaired) electrons. The summed E-state index contributed by atoms with van der Waals surface area (Å²) in [7, 11) is 1.59. The Morgan fingerprint density at radius 2 is 2.00 bits per heavy atom. The predicted octanol–water partition coefficient (Wildman–Crippen LogP) is 5.13. The second-order valence-electron chi connectivity index (χ2n) is 8.37. The van der Waals surface area contributed by atoms with E-state index in [1.54, 1.807) is 35.0 Å². The fourth-order valence-electron chi connectivity index (χ4n) is 4.19. The Hall–Kier alpha value is -3.91. The number of benzene rings is 2. The lowest BCUT2D eigenvalue weighted by Crippen LogP contribution is -2.41. The molecule has 4 rings (SSSR count). The van der Waals surface area contributed by atoms with E-state index in [1.165, 1.54) is 0 Å². The molecule has 8 heteroatoms. The molecule has 2 aromatic carbocycles. The molecule has 1 N–H and O–H groups in total. The molecule has 0 aliphatic carbocycles. The Bertz CT molecular complexity index is 1350. The molecular weight excluding hydrogens is 444 g/mol. The molecule has 2 aromatic heterocycles. The average molecular weight is 475 g/mol. The van der Waals surface area contributed by atoms with E-state index in [9.17, 15) is 9.59 Å². The Labute approximate surface area is 204 Å². The molecule has 0 bridgehead atoms. The summed E-state index contributed by atoms with van der Waals surface area (Å²) in [5.74, 6) is 1.15. The molecule has 0 spiro atoms. The second-order valence-corrected chi connectivity index (χ2v) is 8.37. The second kappa shape index (κ2) is 11.0. The molecule has 182 valence electrons. The lowest BCUT2D eigenvalue weighted by atomic mass is 10.1. The van der Waals surface area contributed by atoms with Gasteiger partial charge in [0.15, 0.2) is 0 Å². The third kappa shape index (κ3) is 5.44. The number of methoxy groups -OCH3 is 1. The van der Waals surface area contributed by atoms with E-state index in [0.29, 0.717) is 47.7 Å². The van der Waals surface area contributed by atoms with Crippen LogP contribution in [0.4, 0.5) is 10.5 Å². The van der Waals surface area contributed by atoms with Gasteiger partial charge >= 0.3 is 6.03 Å². The van der Waals surface area contributed by atoms with Crippen molar-refractivity contribution in [1.82, 2.24) is 14.5 Å². The van der Waals surface area contributed by atoms with Gasteiger partial charge in [0.1, 0.15) is 11.6 Å². The number of nitrogens with zero attached hydrogens (tertiary/aromatic N) is 3. The number of aromatic nitrogens is 2. The highest BCUT2D eigenvalue weighted by Crippen LogP contribution is 2.27. The largest absolute Gasteiger partial charge is 0.467 e. The lowest BCUT2D eigenvalue weighted by molar-refractivity contribution is 0.161. The number of para-hydroxylation sites is 1. The minimum atomic E-state index is -0.487. The molecule has 2 heterocycles. The zero-order valence-electron chi connectivity index (χ0n) is 20.2. The number of furan rings is 1. The summed E-state index contributed by atoms with van der Waals surface area (Å²) in [6.07, 6.45) is 2.12. The van der Waals surface area contributed by atoms with E-state index in [4.69, 9.17) is 14.1 Å². The van der Waals surface area contributed by atoms with Gasteiger partial charge in [0.05, 0.1) is 42.9 Å². The first-order valence-electron chi connectivity index (χ1n) is 11.7. The van der Waals surface area contributed by atoms with Crippen LogP contribution in [0.1, 0.15) is 36.5 Å². The number of anilines is 1. The maximum absolute atomic E-state index is 13.6. The van der Waals surface area contributed by atoms with Crippen LogP contribution in [0.3, 0.4) is 0 Å². The van der Waals surface area contributed by atoms with Crippen molar-refractivity contribution in [3.8, 4) is 0 Å². The van der Waals surface area contributed by atoms with Crippen LogP contribution in [0.25, 0.3) is 10.9 Å². The Morgan fingerprint density at radius 1 is 1.17 bits per heavy atom. The van der Waals surface area contributed by atoms with E-state index in [1.807, 2.05) is 62.4 Å². The highest BCUT2D eigenvalue weighted by atomic mass is 16.5. The molecule has 8 nitrogen and oxygen atoms in total. The van der Waals surface area contributed by atoms with Gasteiger partial charge in [0.25, 0.3) is 5.56 Å². The first-order chi connectivity index (χ1) is 17.0. The van der Waals surface area contributed by atoms with E-state index < -0.39 is 6.04 Å². The van der Waals surface area contributed by atoms with Gasteiger partial charge in [0, 0.05) is 12.8 Å². The molecule has 1 atom stereocenters. The highest BCUT2D eigenvalue weighted by molar-refractivity contribution is 5.89. The van der Waals surface area contributed by atoms with Crippen molar-refractivity contribution in [2.24, 2.45) is 0 Å². The van der Waals surface area contributed by atoms with Crippen LogP contribution in [0.5, 0.6) is 0 Å². The number of urea groups is 1. The van der Waals surface area contributed by atoms with Crippen molar-refractivity contribution in [3.63, 3.8) is 0 Å². The minimum Gasteiger partial charge on any atom is -0.467 e. The summed E-state index contributed by atoms with van der Waals surface area (Å²) in [5.41, 5.74) is 2.17. The number of hydrogen-bond donors (Lipinski definition) is 1. The van der Waals surface area contributed by atoms with Gasteiger partial charge in [-0.1, -0.05) is 31.2 Å². The Morgan fingerprint density at radius 3 is 2.71 bits per heavy atom. The van der Waals surface area contributed by atoms with Gasteiger partial charge in [-0.25, -0.2) is 9.78 Å². The average Bonchev–Trinajstić information content (AvgIpc) is 3.37. The van der Waals surface area contributed by atoms with E-state index in [0.717, 1.165) is 5.56 Å². The number of aryl methyl sites for hydroxylation is 1. The molecule has 0 aliphatic heterocycles. The number of carbonyl (C=O) groups is 1. The quantitative estimate of drug-likeness (QED) is 0.363. The summed E-state index contributed by atoms with van der Waals surface area (Å²) in [6.45, 7) is 4.83. The monoisotopic (exact) mass is 474 g/mol. The first-order valence-corrected chi connectivity index (χ1v) is 11.7. The number of fused-ring (bicyclic) bond motifs is 1. The van der Waals surface area contributed by atoms with E-state index in [2.05, 4.69) is 5.32 Å². The van der Waals surface area contributed by atoms with Crippen LogP contribution < -0.4 is 10.9 Å². The number of carbonyl (C=O) groups excluding carboxylic acids is 1. The van der Waals surface area contributed by atoms with Gasteiger partial charge in [-0.2, -0.15) is 0 Å². The van der Waals surface area contributed by atoms with Crippen LogP contribution in [0.2, 0.25) is 0 Å². The molecular formula is C27H30N4O4. The number of nitrogens with one attached hydrogen (secondary N) is 1. The number of rotatable bonds is 9. The van der Waals surface area contributed by atoms with Crippen molar-refractivity contribution in [2.45, 2.75) is 39.4 Å². The van der Waals surface area contributed by atoms with Crippen LogP contribution in [-0.2, 0) is 17.8 Å². The zero-order valence-corrected chi connectivity index (χ0v) is 20.2. The van der Waals surface area contributed by atoms with Gasteiger partial charge in [-0.15, -0.1) is 0 Å². The highest BCUT2D eigenvalue weighted by Gasteiger charge is 2.29. The van der Waals surface area contributed by atoms with Gasteiger partial charge in [0.2, 0.25) is 0 Å². The SMILES string of the molecule is CCC(c1nc2ccccc2c(=O)n1CCOC)N(Cc1ccco1)C(=O)Nc1cccc(C)c1. The smallest absolute Gasteiger partial charge is 0.322 e. The van der Waals surface area contributed by atoms with Crippen LogP contribution in [0, 0.1) is 6.92 Å². The molecule has 1 unspecified atom stereocenters. The topological polar surface area (TPSA) is 89.6 Å². The molecule has 35 heavy (non-hydrogen) atoms. The number of hydrogen-bond acceptors (Lipinski definition) is 5. The van der Waals surface area contributed by atoms with Gasteiger partial charge in [-0.05, 0) is 55.3 Å². The predicted molar refractivity (Wildman–Crippen MR) is 135 cm³/mol. The number of ether oxygens (including phenoxy) is 1. The van der Waals surface area contributed by atoms with Crippen molar-refractivity contribution >= 4 is 22.6 Å². The summed E-state index contributed by atoms with van der Waals surface area (Å²) in [4.78, 5) is 33.6. The summed E-state index contributed by atoms with van der Waals surface area (Å²) >= 11 is 0. The van der Waals surface area contributed by atoms with Crippen molar-refractivity contribution in [3.05, 3.63) is 94.4 Å². The third-order valence-electron chi connectivity index (χ3n) is 5.91. The first kappa shape index (κ1) is 24.2. The maximum atomic E-state index is 13.6. The fourth-order valence-corrected chi connectivity index (χ4v) is 4.19. The molecule has 0 saturated heterocycles. The number of amides is 2. The zero-order chi connectivity index (χ0) is 24.8. The lowest BCUT2D eigenvalue weighted by Gasteiger charge is -2.32. The van der Waals surface area contributed by atoms with E-state index >= 15 is 0 Å². The normalized spacial score (nSPS) is 12.0. The molecule has 2 amide bonds. The van der Waals surface area contributed by atoms with E-state index in [-0.39, 0.29) is 18.1 Å². The molecule has 0 saturated carbocycles. The summed E-state index contributed by atoms with van der Waals surface area (Å²) in [6, 6.07) is 17.7. The molecule has 0 aliphatic rings. The summed E-state index contributed by atoms with van der Waals surface area (Å²) in [5, 5.41) is 3.53. The molecule has 4 aromatic rings.